The molecule has 0 spiro atoms. The van der Waals surface area contributed by atoms with Gasteiger partial charge in [-0.1, -0.05) is 35.9 Å². The Hall–Kier alpha value is -2.88. The van der Waals surface area contributed by atoms with Crippen molar-refractivity contribution >= 4 is 17.6 Å². The van der Waals surface area contributed by atoms with E-state index in [9.17, 15) is 4.79 Å². The molecule has 0 atom stereocenters. The fourth-order valence-corrected chi connectivity index (χ4v) is 2.46. The molecule has 0 aliphatic rings. The van der Waals surface area contributed by atoms with Gasteiger partial charge in [0.2, 0.25) is 5.91 Å². The smallest absolute Gasteiger partial charge is 0.244 e. The summed E-state index contributed by atoms with van der Waals surface area (Å²) in [5, 5.41) is 2.91. The van der Waals surface area contributed by atoms with E-state index in [0.717, 1.165) is 22.6 Å². The maximum absolute atomic E-state index is 12.0. The quantitative estimate of drug-likeness (QED) is 0.752. The highest BCUT2D eigenvalue weighted by atomic mass is 16.1. The molecule has 0 saturated heterocycles. The fraction of sp³-hybridized carbons (Fsp3) is 0.158. The van der Waals surface area contributed by atoms with E-state index in [1.165, 1.54) is 5.56 Å². The number of pyridine rings is 1. The first-order valence-electron chi connectivity index (χ1n) is 7.58. The summed E-state index contributed by atoms with van der Waals surface area (Å²) in [5.41, 5.74) is 5.03. The van der Waals surface area contributed by atoms with Gasteiger partial charge in [-0.2, -0.15) is 0 Å². The van der Waals surface area contributed by atoms with Crippen LogP contribution in [0.2, 0.25) is 0 Å². The number of nitrogens with zero attached hydrogens (tertiary/aromatic N) is 2. The molecule has 1 N–H and O–H groups in total. The standard InChI is InChI=1S/C19H19N3O/c1-14-6-8-16(9-7-14)10-11-19(23)20-13-17-15(2)21-18-5-3-4-12-22(17)18/h3-12H,13H2,1-2H3,(H,20,23)/b11-10+. The van der Waals surface area contributed by atoms with Crippen LogP contribution in [0.3, 0.4) is 0 Å². The summed E-state index contributed by atoms with van der Waals surface area (Å²) < 4.78 is 2.00. The first-order chi connectivity index (χ1) is 11.1. The van der Waals surface area contributed by atoms with Crippen molar-refractivity contribution in [2.45, 2.75) is 20.4 Å². The number of rotatable bonds is 4. The van der Waals surface area contributed by atoms with E-state index in [1.807, 2.05) is 73.0 Å². The van der Waals surface area contributed by atoms with Gasteiger partial charge in [-0.15, -0.1) is 0 Å². The summed E-state index contributed by atoms with van der Waals surface area (Å²) in [5.74, 6) is -0.115. The molecule has 0 saturated carbocycles. The van der Waals surface area contributed by atoms with E-state index in [2.05, 4.69) is 10.3 Å². The van der Waals surface area contributed by atoms with Crippen LogP contribution in [-0.4, -0.2) is 15.3 Å². The number of hydrogen-bond donors (Lipinski definition) is 1. The molecular weight excluding hydrogens is 286 g/mol. The van der Waals surface area contributed by atoms with Crippen LogP contribution in [0.25, 0.3) is 11.7 Å². The van der Waals surface area contributed by atoms with Crippen molar-refractivity contribution in [3.8, 4) is 0 Å². The lowest BCUT2D eigenvalue weighted by Gasteiger charge is -2.04. The minimum Gasteiger partial charge on any atom is -0.347 e. The second-order valence-electron chi connectivity index (χ2n) is 5.53. The van der Waals surface area contributed by atoms with Gasteiger partial charge in [0.15, 0.2) is 0 Å². The Morgan fingerprint density at radius 3 is 2.74 bits per heavy atom. The minimum absolute atomic E-state index is 0.115. The Labute approximate surface area is 135 Å². The summed E-state index contributed by atoms with van der Waals surface area (Å²) in [7, 11) is 0. The Kier molecular flexibility index (Phi) is 4.24. The molecule has 116 valence electrons. The first-order valence-corrected chi connectivity index (χ1v) is 7.58. The zero-order valence-electron chi connectivity index (χ0n) is 13.3. The number of fused-ring (bicyclic) bond motifs is 1. The van der Waals surface area contributed by atoms with Crippen LogP contribution in [0.5, 0.6) is 0 Å². The number of benzene rings is 1. The molecule has 0 aliphatic carbocycles. The number of aromatic nitrogens is 2. The van der Waals surface area contributed by atoms with Crippen molar-refractivity contribution in [1.29, 1.82) is 0 Å². The number of carbonyl (C=O) groups excluding carboxylic acids is 1. The van der Waals surface area contributed by atoms with Gasteiger partial charge < -0.3 is 9.72 Å². The van der Waals surface area contributed by atoms with Gasteiger partial charge in [-0.05, 0) is 37.6 Å². The lowest BCUT2D eigenvalue weighted by atomic mass is 10.1. The van der Waals surface area contributed by atoms with Crippen molar-refractivity contribution in [3.63, 3.8) is 0 Å². The van der Waals surface area contributed by atoms with Crippen LogP contribution in [0, 0.1) is 13.8 Å². The number of imidazole rings is 1. The largest absolute Gasteiger partial charge is 0.347 e. The summed E-state index contributed by atoms with van der Waals surface area (Å²) in [4.78, 5) is 16.5. The number of hydrogen-bond acceptors (Lipinski definition) is 2. The Morgan fingerprint density at radius 1 is 1.17 bits per heavy atom. The van der Waals surface area contributed by atoms with Gasteiger partial charge in [-0.25, -0.2) is 4.98 Å². The zero-order valence-corrected chi connectivity index (χ0v) is 13.3. The predicted molar refractivity (Wildman–Crippen MR) is 92.0 cm³/mol. The van der Waals surface area contributed by atoms with Gasteiger partial charge in [0.25, 0.3) is 0 Å². The van der Waals surface area contributed by atoms with Gasteiger partial charge in [0, 0.05) is 12.3 Å². The van der Waals surface area contributed by atoms with E-state index >= 15 is 0 Å². The molecule has 3 rings (SSSR count). The van der Waals surface area contributed by atoms with Crippen molar-refractivity contribution in [2.24, 2.45) is 0 Å². The van der Waals surface area contributed by atoms with Crippen molar-refractivity contribution < 1.29 is 4.79 Å². The highest BCUT2D eigenvalue weighted by molar-refractivity contribution is 5.91. The van der Waals surface area contributed by atoms with E-state index in [1.54, 1.807) is 6.08 Å². The van der Waals surface area contributed by atoms with Gasteiger partial charge in [0.05, 0.1) is 17.9 Å². The van der Waals surface area contributed by atoms with Gasteiger partial charge >= 0.3 is 0 Å². The molecule has 2 heterocycles. The average Bonchev–Trinajstić information content (AvgIpc) is 2.87. The highest BCUT2D eigenvalue weighted by Crippen LogP contribution is 2.11. The lowest BCUT2D eigenvalue weighted by Crippen LogP contribution is -2.21. The highest BCUT2D eigenvalue weighted by Gasteiger charge is 2.08. The van der Waals surface area contributed by atoms with E-state index in [0.29, 0.717) is 6.54 Å². The summed E-state index contributed by atoms with van der Waals surface area (Å²) in [6, 6.07) is 13.9. The summed E-state index contributed by atoms with van der Waals surface area (Å²) >= 11 is 0. The van der Waals surface area contributed by atoms with Crippen molar-refractivity contribution in [1.82, 2.24) is 14.7 Å². The van der Waals surface area contributed by atoms with Gasteiger partial charge in [-0.3, -0.25) is 4.79 Å². The number of amides is 1. The van der Waals surface area contributed by atoms with Gasteiger partial charge in [0.1, 0.15) is 5.65 Å². The number of carbonyl (C=O) groups is 1. The third-order valence-electron chi connectivity index (χ3n) is 3.76. The third-order valence-corrected chi connectivity index (χ3v) is 3.76. The number of aryl methyl sites for hydroxylation is 2. The van der Waals surface area contributed by atoms with Crippen LogP contribution >= 0.6 is 0 Å². The van der Waals surface area contributed by atoms with Crippen LogP contribution in [0.1, 0.15) is 22.5 Å². The van der Waals surface area contributed by atoms with E-state index in [4.69, 9.17) is 0 Å². The monoisotopic (exact) mass is 305 g/mol. The normalized spacial score (nSPS) is 11.2. The van der Waals surface area contributed by atoms with Crippen LogP contribution in [-0.2, 0) is 11.3 Å². The number of nitrogens with one attached hydrogen (secondary N) is 1. The van der Waals surface area contributed by atoms with Crippen LogP contribution < -0.4 is 5.32 Å². The first kappa shape index (κ1) is 15.0. The predicted octanol–water partition coefficient (Wildman–Crippen LogP) is 3.28. The van der Waals surface area contributed by atoms with E-state index < -0.39 is 0 Å². The third kappa shape index (κ3) is 3.48. The average molecular weight is 305 g/mol. The molecule has 0 unspecified atom stereocenters. The molecule has 2 aromatic heterocycles. The Bertz CT molecular complexity index is 860. The van der Waals surface area contributed by atoms with Crippen molar-refractivity contribution in [3.05, 3.63) is 77.3 Å². The molecule has 0 bridgehead atoms. The van der Waals surface area contributed by atoms with E-state index in [-0.39, 0.29) is 5.91 Å². The fourth-order valence-electron chi connectivity index (χ4n) is 2.46. The molecular formula is C19H19N3O. The van der Waals surface area contributed by atoms with Crippen LogP contribution in [0.4, 0.5) is 0 Å². The maximum Gasteiger partial charge on any atom is 0.244 e. The summed E-state index contributed by atoms with van der Waals surface area (Å²) in [6.07, 6.45) is 5.33. The summed E-state index contributed by atoms with van der Waals surface area (Å²) in [6.45, 7) is 4.45. The Morgan fingerprint density at radius 2 is 1.96 bits per heavy atom. The maximum atomic E-state index is 12.0. The molecule has 1 aromatic carbocycles. The minimum atomic E-state index is -0.115. The van der Waals surface area contributed by atoms with Crippen molar-refractivity contribution in [2.75, 3.05) is 0 Å². The SMILES string of the molecule is Cc1ccc(/C=C/C(=O)NCc2c(C)nc3ccccn23)cc1. The molecule has 0 aliphatic heterocycles. The Balaban J connectivity index is 1.66. The second kappa shape index (κ2) is 6.48. The molecule has 0 fully saturated rings. The molecule has 23 heavy (non-hydrogen) atoms. The zero-order chi connectivity index (χ0) is 16.2. The molecule has 4 heteroatoms. The van der Waals surface area contributed by atoms with Crippen LogP contribution in [0.15, 0.2) is 54.7 Å². The topological polar surface area (TPSA) is 46.4 Å². The molecule has 0 radical (unpaired) electrons. The lowest BCUT2D eigenvalue weighted by molar-refractivity contribution is -0.116. The molecule has 3 aromatic rings. The molecule has 1 amide bonds. The second-order valence-corrected chi connectivity index (χ2v) is 5.53. The molecule has 4 nitrogen and oxygen atoms in total.